The van der Waals surface area contributed by atoms with Gasteiger partial charge in [-0.1, -0.05) is 13.8 Å². The highest BCUT2D eigenvalue weighted by Crippen LogP contribution is 2.18. The Morgan fingerprint density at radius 3 is 2.67 bits per heavy atom. The van der Waals surface area contributed by atoms with Crippen LogP contribution in [0.25, 0.3) is 0 Å². The number of hydrogen-bond donors (Lipinski definition) is 1. The van der Waals surface area contributed by atoms with Crippen LogP contribution in [0.3, 0.4) is 0 Å². The molecule has 3 nitrogen and oxygen atoms in total. The van der Waals surface area contributed by atoms with E-state index < -0.39 is 6.10 Å². The number of hydrogen-bond acceptors (Lipinski definition) is 3. The lowest BCUT2D eigenvalue weighted by Gasteiger charge is -2.11. The molecule has 0 saturated heterocycles. The highest BCUT2D eigenvalue weighted by atomic mass is 16.3. The Labute approximate surface area is 72.5 Å². The van der Waals surface area contributed by atoms with Gasteiger partial charge in [0.2, 0.25) is 0 Å². The van der Waals surface area contributed by atoms with Crippen LogP contribution in [0.15, 0.2) is 18.5 Å². The van der Waals surface area contributed by atoms with E-state index in [0.29, 0.717) is 5.92 Å². The average Bonchev–Trinajstić information content (AvgIpc) is 2.05. The van der Waals surface area contributed by atoms with E-state index in [1.54, 1.807) is 18.5 Å². The van der Waals surface area contributed by atoms with Crippen molar-refractivity contribution in [2.75, 3.05) is 0 Å². The molecule has 3 heteroatoms. The molecule has 66 valence electrons. The largest absolute Gasteiger partial charge is 0.388 e. The third-order valence-electron chi connectivity index (χ3n) is 1.69. The van der Waals surface area contributed by atoms with Gasteiger partial charge in [-0.3, -0.25) is 0 Å². The molecule has 1 heterocycles. The first-order valence-corrected chi connectivity index (χ1v) is 4.15. The Balaban J connectivity index is 2.59. The Kier molecular flexibility index (Phi) is 3.17. The minimum absolute atomic E-state index is 0.402. The molecule has 0 radical (unpaired) electrons. The lowest BCUT2D eigenvalue weighted by atomic mass is 10.0. The molecule has 1 atom stereocenters. The summed E-state index contributed by atoms with van der Waals surface area (Å²) in [7, 11) is 0. The van der Waals surface area contributed by atoms with Gasteiger partial charge in [-0.2, -0.15) is 10.2 Å². The summed E-state index contributed by atoms with van der Waals surface area (Å²) in [5, 5.41) is 17.0. The second kappa shape index (κ2) is 4.16. The molecular formula is C9H14N2O. The van der Waals surface area contributed by atoms with Crippen molar-refractivity contribution in [1.82, 2.24) is 10.2 Å². The highest BCUT2D eigenvalue weighted by molar-refractivity contribution is 5.08. The molecule has 0 spiro atoms. The van der Waals surface area contributed by atoms with Gasteiger partial charge in [-0.25, -0.2) is 0 Å². The van der Waals surface area contributed by atoms with Gasteiger partial charge in [0, 0.05) is 11.8 Å². The van der Waals surface area contributed by atoms with E-state index >= 15 is 0 Å². The number of nitrogens with zero attached hydrogens (tertiary/aromatic N) is 2. The molecule has 0 aliphatic rings. The summed E-state index contributed by atoms with van der Waals surface area (Å²) < 4.78 is 0. The molecule has 1 N–H and O–H groups in total. The highest BCUT2D eigenvalue weighted by Gasteiger charge is 2.08. The van der Waals surface area contributed by atoms with Crippen LogP contribution in [0.1, 0.15) is 31.9 Å². The topological polar surface area (TPSA) is 46.0 Å². The first-order valence-electron chi connectivity index (χ1n) is 4.15. The van der Waals surface area contributed by atoms with Gasteiger partial charge in [-0.15, -0.1) is 0 Å². The van der Waals surface area contributed by atoms with Crippen LogP contribution in [0.4, 0.5) is 0 Å². The van der Waals surface area contributed by atoms with Crippen LogP contribution in [0.5, 0.6) is 0 Å². The Hall–Kier alpha value is -0.960. The zero-order chi connectivity index (χ0) is 8.97. The number of aromatic nitrogens is 2. The van der Waals surface area contributed by atoms with E-state index in [1.807, 2.05) is 0 Å². The van der Waals surface area contributed by atoms with Crippen molar-refractivity contribution in [1.29, 1.82) is 0 Å². The molecular weight excluding hydrogens is 152 g/mol. The van der Waals surface area contributed by atoms with Gasteiger partial charge < -0.3 is 5.11 Å². The maximum atomic E-state index is 9.62. The molecule has 0 amide bonds. The van der Waals surface area contributed by atoms with Gasteiger partial charge in [0.05, 0.1) is 12.3 Å². The van der Waals surface area contributed by atoms with Crippen LogP contribution in [-0.2, 0) is 0 Å². The maximum Gasteiger partial charge on any atom is 0.0808 e. The van der Waals surface area contributed by atoms with Crippen molar-refractivity contribution in [2.24, 2.45) is 5.92 Å². The Morgan fingerprint density at radius 1 is 1.42 bits per heavy atom. The van der Waals surface area contributed by atoms with Gasteiger partial charge in [0.25, 0.3) is 0 Å². The van der Waals surface area contributed by atoms with Gasteiger partial charge in [-0.05, 0) is 18.4 Å². The van der Waals surface area contributed by atoms with E-state index in [0.717, 1.165) is 12.0 Å². The third kappa shape index (κ3) is 2.58. The lowest BCUT2D eigenvalue weighted by Crippen LogP contribution is -2.02. The fourth-order valence-corrected chi connectivity index (χ4v) is 1.08. The average molecular weight is 166 g/mol. The van der Waals surface area contributed by atoms with Gasteiger partial charge >= 0.3 is 0 Å². The summed E-state index contributed by atoms with van der Waals surface area (Å²) in [4.78, 5) is 0. The summed E-state index contributed by atoms with van der Waals surface area (Å²) in [6.45, 7) is 4.16. The molecule has 12 heavy (non-hydrogen) atoms. The molecule has 0 aliphatic carbocycles. The molecule has 1 unspecified atom stereocenters. The van der Waals surface area contributed by atoms with Crippen LogP contribution in [-0.4, -0.2) is 15.3 Å². The second-order valence-corrected chi connectivity index (χ2v) is 3.32. The van der Waals surface area contributed by atoms with Crippen molar-refractivity contribution in [3.63, 3.8) is 0 Å². The van der Waals surface area contributed by atoms with Gasteiger partial charge in [0.15, 0.2) is 0 Å². The van der Waals surface area contributed by atoms with E-state index in [-0.39, 0.29) is 0 Å². The zero-order valence-corrected chi connectivity index (χ0v) is 7.44. The minimum atomic E-state index is -0.402. The number of rotatable bonds is 3. The maximum absolute atomic E-state index is 9.62. The summed E-state index contributed by atoms with van der Waals surface area (Å²) in [6, 6.07) is 1.79. The van der Waals surface area contributed by atoms with E-state index in [1.165, 1.54) is 0 Å². The molecule has 0 aromatic carbocycles. The SMILES string of the molecule is CC(C)CC(O)c1ccnnc1. The molecule has 0 aliphatic heterocycles. The summed E-state index contributed by atoms with van der Waals surface area (Å²) in [5.41, 5.74) is 0.846. The van der Waals surface area contributed by atoms with Crippen molar-refractivity contribution < 1.29 is 5.11 Å². The van der Waals surface area contributed by atoms with Crippen molar-refractivity contribution >= 4 is 0 Å². The monoisotopic (exact) mass is 166 g/mol. The minimum Gasteiger partial charge on any atom is -0.388 e. The first kappa shape index (κ1) is 9.13. The van der Waals surface area contributed by atoms with Crippen molar-refractivity contribution in [3.05, 3.63) is 24.0 Å². The van der Waals surface area contributed by atoms with E-state index in [9.17, 15) is 5.11 Å². The standard InChI is InChI=1S/C9H14N2O/c1-7(2)5-9(12)8-3-4-10-11-6-8/h3-4,6-7,9,12H,5H2,1-2H3. The normalized spacial score (nSPS) is 13.3. The molecule has 0 saturated carbocycles. The van der Waals surface area contributed by atoms with Crippen LogP contribution in [0.2, 0.25) is 0 Å². The zero-order valence-electron chi connectivity index (χ0n) is 7.44. The number of aliphatic hydroxyl groups is 1. The molecule has 1 aromatic rings. The first-order chi connectivity index (χ1) is 5.70. The molecule has 0 fully saturated rings. The fourth-order valence-electron chi connectivity index (χ4n) is 1.08. The quantitative estimate of drug-likeness (QED) is 0.741. The molecule has 0 bridgehead atoms. The van der Waals surface area contributed by atoms with Crippen LogP contribution in [0, 0.1) is 5.92 Å². The molecule has 1 aromatic heterocycles. The van der Waals surface area contributed by atoms with E-state index in [2.05, 4.69) is 24.0 Å². The smallest absolute Gasteiger partial charge is 0.0808 e. The van der Waals surface area contributed by atoms with Gasteiger partial charge in [0.1, 0.15) is 0 Å². The summed E-state index contributed by atoms with van der Waals surface area (Å²) in [5.74, 6) is 0.494. The Morgan fingerprint density at radius 2 is 2.17 bits per heavy atom. The van der Waals surface area contributed by atoms with Crippen LogP contribution < -0.4 is 0 Å². The Bertz CT molecular complexity index is 223. The summed E-state index contributed by atoms with van der Waals surface area (Å²) in [6.07, 6.45) is 3.57. The van der Waals surface area contributed by atoms with Crippen LogP contribution >= 0.6 is 0 Å². The summed E-state index contributed by atoms with van der Waals surface area (Å²) >= 11 is 0. The van der Waals surface area contributed by atoms with E-state index in [4.69, 9.17) is 0 Å². The lowest BCUT2D eigenvalue weighted by molar-refractivity contribution is 0.150. The van der Waals surface area contributed by atoms with Crippen molar-refractivity contribution in [2.45, 2.75) is 26.4 Å². The second-order valence-electron chi connectivity index (χ2n) is 3.32. The molecule has 1 rings (SSSR count). The fraction of sp³-hybridized carbons (Fsp3) is 0.556. The number of aliphatic hydroxyl groups excluding tert-OH is 1. The predicted molar refractivity (Wildman–Crippen MR) is 46.4 cm³/mol. The predicted octanol–water partition coefficient (Wildman–Crippen LogP) is 1.56. The van der Waals surface area contributed by atoms with Crippen molar-refractivity contribution in [3.8, 4) is 0 Å². The third-order valence-corrected chi connectivity index (χ3v) is 1.69.